The fourth-order valence-corrected chi connectivity index (χ4v) is 1.24. The van der Waals surface area contributed by atoms with Crippen LogP contribution in [-0.2, 0) is 0 Å². The standard InChI is InChI=1S/C12H19NO2/c1-8(2)14-11-7-5-6-10(13)12(11)15-9(3)4/h5-9H,13H2,1-4H3. The number of ether oxygens (including phenoxy) is 2. The molecule has 0 heterocycles. The molecule has 0 spiro atoms. The van der Waals surface area contributed by atoms with Crippen molar-refractivity contribution < 1.29 is 9.47 Å². The zero-order chi connectivity index (χ0) is 11.4. The summed E-state index contributed by atoms with van der Waals surface area (Å²) in [6.45, 7) is 7.88. The molecule has 0 aliphatic carbocycles. The first kappa shape index (κ1) is 11.7. The van der Waals surface area contributed by atoms with Gasteiger partial charge in [0.2, 0.25) is 0 Å². The molecule has 3 nitrogen and oxygen atoms in total. The lowest BCUT2D eigenvalue weighted by Crippen LogP contribution is -2.12. The summed E-state index contributed by atoms with van der Waals surface area (Å²) in [7, 11) is 0. The summed E-state index contributed by atoms with van der Waals surface area (Å²) in [6.07, 6.45) is 0.200. The molecular formula is C12H19NO2. The maximum Gasteiger partial charge on any atom is 0.184 e. The highest BCUT2D eigenvalue weighted by atomic mass is 16.5. The Morgan fingerprint density at radius 2 is 1.60 bits per heavy atom. The Morgan fingerprint density at radius 1 is 1.00 bits per heavy atom. The number of nitrogens with two attached hydrogens (primary N) is 1. The van der Waals surface area contributed by atoms with Crippen LogP contribution in [0, 0.1) is 0 Å². The van der Waals surface area contributed by atoms with Crippen LogP contribution < -0.4 is 15.2 Å². The first-order valence-corrected chi connectivity index (χ1v) is 5.22. The molecule has 1 aromatic carbocycles. The fraction of sp³-hybridized carbons (Fsp3) is 0.500. The molecule has 0 fully saturated rings. The van der Waals surface area contributed by atoms with E-state index >= 15 is 0 Å². The van der Waals surface area contributed by atoms with Crippen molar-refractivity contribution in [1.29, 1.82) is 0 Å². The molecule has 15 heavy (non-hydrogen) atoms. The summed E-state index contributed by atoms with van der Waals surface area (Å²) >= 11 is 0. The van der Waals surface area contributed by atoms with Crippen LogP contribution in [0.25, 0.3) is 0 Å². The van der Waals surface area contributed by atoms with E-state index in [9.17, 15) is 0 Å². The first-order chi connectivity index (χ1) is 7.00. The van der Waals surface area contributed by atoms with E-state index in [-0.39, 0.29) is 12.2 Å². The van der Waals surface area contributed by atoms with E-state index in [2.05, 4.69) is 0 Å². The number of anilines is 1. The fourth-order valence-electron chi connectivity index (χ4n) is 1.24. The van der Waals surface area contributed by atoms with Crippen molar-refractivity contribution in [3.05, 3.63) is 18.2 Å². The molecule has 0 saturated heterocycles. The quantitative estimate of drug-likeness (QED) is 0.775. The minimum Gasteiger partial charge on any atom is -0.487 e. The third-order valence-corrected chi connectivity index (χ3v) is 1.73. The molecule has 1 rings (SSSR count). The molecule has 1 aromatic rings. The summed E-state index contributed by atoms with van der Waals surface area (Å²) < 4.78 is 11.2. The summed E-state index contributed by atoms with van der Waals surface area (Å²) in [5.41, 5.74) is 6.45. The number of benzene rings is 1. The SMILES string of the molecule is CC(C)Oc1cccc(N)c1OC(C)C. The van der Waals surface area contributed by atoms with Gasteiger partial charge in [-0.25, -0.2) is 0 Å². The average molecular weight is 209 g/mol. The molecule has 2 N–H and O–H groups in total. The van der Waals surface area contributed by atoms with E-state index in [4.69, 9.17) is 15.2 Å². The molecule has 0 bridgehead atoms. The van der Waals surface area contributed by atoms with Crippen LogP contribution in [0.4, 0.5) is 5.69 Å². The number of rotatable bonds is 4. The number of hydrogen-bond donors (Lipinski definition) is 1. The normalized spacial score (nSPS) is 10.8. The van der Waals surface area contributed by atoms with Crippen molar-refractivity contribution in [3.63, 3.8) is 0 Å². The summed E-state index contributed by atoms with van der Waals surface area (Å²) in [4.78, 5) is 0. The predicted molar refractivity (Wildman–Crippen MR) is 62.4 cm³/mol. The van der Waals surface area contributed by atoms with Gasteiger partial charge in [-0.2, -0.15) is 0 Å². The van der Waals surface area contributed by atoms with Crippen LogP contribution in [0.3, 0.4) is 0 Å². The van der Waals surface area contributed by atoms with E-state index in [0.29, 0.717) is 17.2 Å². The maximum absolute atomic E-state index is 5.84. The topological polar surface area (TPSA) is 44.5 Å². The Balaban J connectivity index is 2.97. The van der Waals surface area contributed by atoms with Gasteiger partial charge in [0, 0.05) is 0 Å². The van der Waals surface area contributed by atoms with E-state index in [1.807, 2.05) is 45.9 Å². The van der Waals surface area contributed by atoms with Gasteiger partial charge >= 0.3 is 0 Å². The van der Waals surface area contributed by atoms with Gasteiger partial charge in [0.25, 0.3) is 0 Å². The molecular weight excluding hydrogens is 190 g/mol. The van der Waals surface area contributed by atoms with Crippen molar-refractivity contribution in [2.45, 2.75) is 39.9 Å². The van der Waals surface area contributed by atoms with Crippen LogP contribution in [0.5, 0.6) is 11.5 Å². The Bertz CT molecular complexity index is 321. The predicted octanol–water partition coefficient (Wildman–Crippen LogP) is 2.84. The third-order valence-electron chi connectivity index (χ3n) is 1.73. The molecule has 3 heteroatoms. The first-order valence-electron chi connectivity index (χ1n) is 5.22. The lowest BCUT2D eigenvalue weighted by molar-refractivity contribution is 0.200. The maximum atomic E-state index is 5.84. The minimum atomic E-state index is 0.0872. The molecule has 0 unspecified atom stereocenters. The molecule has 0 atom stereocenters. The number of para-hydroxylation sites is 1. The lowest BCUT2D eigenvalue weighted by Gasteiger charge is -2.18. The van der Waals surface area contributed by atoms with Crippen LogP contribution in [-0.4, -0.2) is 12.2 Å². The van der Waals surface area contributed by atoms with E-state index < -0.39 is 0 Å². The van der Waals surface area contributed by atoms with Gasteiger partial charge in [0.1, 0.15) is 0 Å². The molecule has 0 radical (unpaired) electrons. The minimum absolute atomic E-state index is 0.0872. The van der Waals surface area contributed by atoms with Gasteiger partial charge in [-0.3, -0.25) is 0 Å². The van der Waals surface area contributed by atoms with Gasteiger partial charge in [0.15, 0.2) is 11.5 Å². The van der Waals surface area contributed by atoms with Crippen molar-refractivity contribution in [1.82, 2.24) is 0 Å². The van der Waals surface area contributed by atoms with Gasteiger partial charge in [-0.05, 0) is 39.8 Å². The van der Waals surface area contributed by atoms with E-state index in [0.717, 1.165) is 0 Å². The van der Waals surface area contributed by atoms with Gasteiger partial charge in [-0.1, -0.05) is 6.07 Å². The van der Waals surface area contributed by atoms with Gasteiger partial charge in [0.05, 0.1) is 17.9 Å². The second-order valence-corrected chi connectivity index (χ2v) is 4.01. The van der Waals surface area contributed by atoms with Crippen molar-refractivity contribution in [2.75, 3.05) is 5.73 Å². The van der Waals surface area contributed by atoms with E-state index in [1.165, 1.54) is 0 Å². The Morgan fingerprint density at radius 3 is 2.13 bits per heavy atom. The Hall–Kier alpha value is -1.38. The van der Waals surface area contributed by atoms with Gasteiger partial charge in [-0.15, -0.1) is 0 Å². The average Bonchev–Trinajstić information content (AvgIpc) is 2.09. The monoisotopic (exact) mass is 209 g/mol. The van der Waals surface area contributed by atoms with Crippen LogP contribution in [0.2, 0.25) is 0 Å². The van der Waals surface area contributed by atoms with E-state index in [1.54, 1.807) is 0 Å². The van der Waals surface area contributed by atoms with Crippen molar-refractivity contribution >= 4 is 5.69 Å². The smallest absolute Gasteiger partial charge is 0.184 e. The highest BCUT2D eigenvalue weighted by Crippen LogP contribution is 2.34. The molecule has 84 valence electrons. The zero-order valence-corrected chi connectivity index (χ0v) is 9.78. The van der Waals surface area contributed by atoms with Crippen LogP contribution in [0.15, 0.2) is 18.2 Å². The van der Waals surface area contributed by atoms with Crippen LogP contribution in [0.1, 0.15) is 27.7 Å². The molecule has 0 amide bonds. The van der Waals surface area contributed by atoms with Crippen molar-refractivity contribution in [2.24, 2.45) is 0 Å². The summed E-state index contributed by atoms with van der Waals surface area (Å²) in [5, 5.41) is 0. The number of hydrogen-bond acceptors (Lipinski definition) is 3. The largest absolute Gasteiger partial charge is 0.487 e. The zero-order valence-electron chi connectivity index (χ0n) is 9.78. The molecule has 0 aliphatic rings. The highest BCUT2D eigenvalue weighted by molar-refractivity contribution is 5.60. The Labute approximate surface area is 91.2 Å². The third kappa shape index (κ3) is 3.35. The van der Waals surface area contributed by atoms with Crippen LogP contribution >= 0.6 is 0 Å². The number of nitrogen functional groups attached to an aromatic ring is 1. The molecule has 0 aromatic heterocycles. The van der Waals surface area contributed by atoms with Gasteiger partial charge < -0.3 is 15.2 Å². The molecule has 0 saturated carbocycles. The summed E-state index contributed by atoms with van der Waals surface area (Å²) in [5.74, 6) is 1.35. The second kappa shape index (κ2) is 4.91. The Kier molecular flexibility index (Phi) is 3.83. The lowest BCUT2D eigenvalue weighted by atomic mass is 10.2. The summed E-state index contributed by atoms with van der Waals surface area (Å²) in [6, 6.07) is 5.54. The van der Waals surface area contributed by atoms with Crippen molar-refractivity contribution in [3.8, 4) is 11.5 Å². The molecule has 0 aliphatic heterocycles. The second-order valence-electron chi connectivity index (χ2n) is 4.01. The highest BCUT2D eigenvalue weighted by Gasteiger charge is 2.11.